The van der Waals surface area contributed by atoms with Gasteiger partial charge >= 0.3 is 0 Å². The van der Waals surface area contributed by atoms with Crippen LogP contribution in [0.1, 0.15) is 53.5 Å². The number of hydrogen-bond acceptors (Lipinski definition) is 3. The van der Waals surface area contributed by atoms with Crippen molar-refractivity contribution < 1.29 is 9.90 Å². The van der Waals surface area contributed by atoms with E-state index in [1.165, 1.54) is 12.8 Å². The lowest BCUT2D eigenvalue weighted by molar-refractivity contribution is 0.101. The van der Waals surface area contributed by atoms with Crippen LogP contribution >= 0.6 is 0 Å². The molecule has 1 aliphatic carbocycles. The van der Waals surface area contributed by atoms with Gasteiger partial charge in [0, 0.05) is 5.69 Å². The minimum Gasteiger partial charge on any atom is -0.388 e. The third kappa shape index (κ3) is 4.58. The van der Waals surface area contributed by atoms with Crippen molar-refractivity contribution in [3.63, 3.8) is 0 Å². The fourth-order valence-electron chi connectivity index (χ4n) is 3.54. The maximum Gasteiger partial charge on any atom is 0.274 e. The summed E-state index contributed by atoms with van der Waals surface area (Å²) in [7, 11) is 0. The van der Waals surface area contributed by atoms with Crippen molar-refractivity contribution in [3.05, 3.63) is 83.0 Å². The smallest absolute Gasteiger partial charge is 0.274 e. The van der Waals surface area contributed by atoms with E-state index in [9.17, 15) is 9.90 Å². The summed E-state index contributed by atoms with van der Waals surface area (Å²) in [6, 6.07) is 16.1. The largest absolute Gasteiger partial charge is 0.388 e. The first-order valence-corrected chi connectivity index (χ1v) is 10.2. The van der Waals surface area contributed by atoms with Gasteiger partial charge in [-0.3, -0.25) is 4.79 Å². The Morgan fingerprint density at radius 1 is 1.27 bits per heavy atom. The molecule has 0 radical (unpaired) electrons. The van der Waals surface area contributed by atoms with Crippen LogP contribution < -0.4 is 5.32 Å². The average Bonchev–Trinajstić information content (AvgIpc) is 3.51. The van der Waals surface area contributed by atoms with Crippen LogP contribution in [0.25, 0.3) is 10.5 Å². The Bertz CT molecular complexity index is 1110. The number of aryl methyl sites for hydroxylation is 1. The number of nitrogens with one attached hydrogen (secondary N) is 1. The zero-order valence-corrected chi connectivity index (χ0v) is 16.9. The number of carbonyl (C=O) groups excluding carboxylic acids is 1. The van der Waals surface area contributed by atoms with Gasteiger partial charge in [-0.2, -0.15) is 5.10 Å². The molecule has 1 unspecified atom stereocenters. The van der Waals surface area contributed by atoms with E-state index >= 15 is 0 Å². The van der Waals surface area contributed by atoms with Crippen molar-refractivity contribution in [2.75, 3.05) is 5.32 Å². The second-order valence-electron chi connectivity index (χ2n) is 7.83. The number of aliphatic hydroxyl groups is 1. The predicted molar refractivity (Wildman–Crippen MR) is 116 cm³/mol. The molecule has 152 valence electrons. The molecule has 6 heteroatoms. The first-order chi connectivity index (χ1) is 14.5. The fraction of sp³-hybridized carbons (Fsp3) is 0.292. The first-order valence-electron chi connectivity index (χ1n) is 10.2. The van der Waals surface area contributed by atoms with Gasteiger partial charge in [-0.1, -0.05) is 37.1 Å². The molecule has 1 atom stereocenters. The number of anilines is 1. The summed E-state index contributed by atoms with van der Waals surface area (Å²) in [6.45, 7) is 9.02. The van der Waals surface area contributed by atoms with Crippen LogP contribution in [0.2, 0.25) is 0 Å². The van der Waals surface area contributed by atoms with Crippen LogP contribution in [-0.2, 0) is 0 Å². The topological polar surface area (TPSA) is 71.5 Å². The molecular formula is C24H24N4O2. The molecule has 3 aromatic rings. The maximum atomic E-state index is 13.0. The summed E-state index contributed by atoms with van der Waals surface area (Å²) in [6.07, 6.45) is 3.81. The maximum absolute atomic E-state index is 13.0. The van der Waals surface area contributed by atoms with Crippen molar-refractivity contribution in [3.8, 4) is 5.69 Å². The van der Waals surface area contributed by atoms with Crippen molar-refractivity contribution >= 4 is 17.3 Å². The van der Waals surface area contributed by atoms with Gasteiger partial charge in [0.2, 0.25) is 0 Å². The quantitative estimate of drug-likeness (QED) is 0.535. The molecule has 1 fully saturated rings. The van der Waals surface area contributed by atoms with Gasteiger partial charge in [0.1, 0.15) is 5.69 Å². The van der Waals surface area contributed by atoms with Crippen LogP contribution in [0, 0.1) is 19.4 Å². The third-order valence-corrected chi connectivity index (χ3v) is 5.34. The highest BCUT2D eigenvalue weighted by molar-refractivity contribution is 6.03. The number of aromatic nitrogens is 2. The molecular weight excluding hydrogens is 376 g/mol. The van der Waals surface area contributed by atoms with Gasteiger partial charge in [-0.05, 0) is 61.6 Å². The molecule has 0 spiro atoms. The van der Waals surface area contributed by atoms with Crippen LogP contribution in [0.3, 0.4) is 0 Å². The van der Waals surface area contributed by atoms with E-state index in [2.05, 4.69) is 15.3 Å². The molecule has 6 nitrogen and oxygen atoms in total. The Kier molecular flexibility index (Phi) is 5.64. The van der Waals surface area contributed by atoms with Gasteiger partial charge in [-0.15, -0.1) is 0 Å². The standard InChI is InChI=1S/C24H24N4O2/c1-16-13-22(28(27-16)21-8-4-6-19(15-21)25-2)24(30)26-20-7-3-5-18(14-20)23(29)12-11-17-9-10-17/h3-8,13-15,17,23,29H,9-12H2,1H3,(H,26,30). The van der Waals surface area contributed by atoms with Gasteiger partial charge in [0.25, 0.3) is 5.91 Å². The third-order valence-electron chi connectivity index (χ3n) is 5.34. The van der Waals surface area contributed by atoms with E-state index in [0.29, 0.717) is 28.5 Å². The normalized spacial score (nSPS) is 14.2. The number of rotatable bonds is 7. The highest BCUT2D eigenvalue weighted by atomic mass is 16.3. The number of hydrogen-bond donors (Lipinski definition) is 2. The van der Waals surface area contributed by atoms with E-state index in [1.54, 1.807) is 28.9 Å². The molecule has 1 saturated carbocycles. The molecule has 4 rings (SSSR count). The van der Waals surface area contributed by atoms with Gasteiger partial charge in [-0.25, -0.2) is 9.53 Å². The molecule has 1 aromatic heterocycles. The fourth-order valence-corrected chi connectivity index (χ4v) is 3.54. The summed E-state index contributed by atoms with van der Waals surface area (Å²) in [5, 5.41) is 17.8. The van der Waals surface area contributed by atoms with Crippen LogP contribution in [-0.4, -0.2) is 20.8 Å². The first kappa shape index (κ1) is 19.9. The van der Waals surface area contributed by atoms with Crippen molar-refractivity contribution in [2.45, 2.75) is 38.7 Å². The molecule has 2 aromatic carbocycles. The average molecular weight is 400 g/mol. The number of nitrogens with zero attached hydrogens (tertiary/aromatic N) is 3. The number of aliphatic hydroxyl groups excluding tert-OH is 1. The molecule has 1 aliphatic rings. The van der Waals surface area contributed by atoms with Crippen molar-refractivity contribution in [1.29, 1.82) is 0 Å². The Morgan fingerprint density at radius 3 is 2.83 bits per heavy atom. The zero-order valence-electron chi connectivity index (χ0n) is 16.9. The Balaban J connectivity index is 1.53. The highest BCUT2D eigenvalue weighted by Crippen LogP contribution is 2.36. The summed E-state index contributed by atoms with van der Waals surface area (Å²) in [5.41, 5.74) is 3.67. The lowest BCUT2D eigenvalue weighted by atomic mass is 10.0. The lowest BCUT2D eigenvalue weighted by Gasteiger charge is -2.13. The van der Waals surface area contributed by atoms with E-state index in [-0.39, 0.29) is 5.91 Å². The minimum atomic E-state index is -0.522. The Morgan fingerprint density at radius 2 is 2.07 bits per heavy atom. The van der Waals surface area contributed by atoms with Gasteiger partial charge in [0.15, 0.2) is 5.69 Å². The molecule has 2 N–H and O–H groups in total. The molecule has 1 heterocycles. The highest BCUT2D eigenvalue weighted by Gasteiger charge is 2.22. The summed E-state index contributed by atoms with van der Waals surface area (Å²) in [5.74, 6) is 0.473. The van der Waals surface area contributed by atoms with E-state index in [1.807, 2.05) is 37.3 Å². The molecule has 1 amide bonds. The van der Waals surface area contributed by atoms with E-state index < -0.39 is 6.10 Å². The second-order valence-corrected chi connectivity index (χ2v) is 7.83. The Hall–Kier alpha value is -3.43. The van der Waals surface area contributed by atoms with Crippen molar-refractivity contribution in [2.24, 2.45) is 5.92 Å². The molecule has 30 heavy (non-hydrogen) atoms. The zero-order chi connectivity index (χ0) is 21.1. The Labute approximate surface area is 176 Å². The second kappa shape index (κ2) is 8.52. The molecule has 0 bridgehead atoms. The molecule has 0 saturated heterocycles. The van der Waals surface area contributed by atoms with E-state index in [0.717, 1.165) is 24.3 Å². The van der Waals surface area contributed by atoms with Crippen LogP contribution in [0.4, 0.5) is 11.4 Å². The lowest BCUT2D eigenvalue weighted by Crippen LogP contribution is -2.17. The number of amides is 1. The summed E-state index contributed by atoms with van der Waals surface area (Å²) in [4.78, 5) is 16.4. The number of benzene rings is 2. The predicted octanol–water partition coefficient (Wildman–Crippen LogP) is 5.21. The van der Waals surface area contributed by atoms with Crippen molar-refractivity contribution in [1.82, 2.24) is 9.78 Å². The SMILES string of the molecule is [C-]#[N+]c1cccc(-n2nc(C)cc2C(=O)Nc2cccc(C(O)CCC3CC3)c2)c1. The van der Waals surface area contributed by atoms with Gasteiger partial charge < -0.3 is 10.4 Å². The monoisotopic (exact) mass is 400 g/mol. The van der Waals surface area contributed by atoms with E-state index in [4.69, 9.17) is 6.57 Å². The number of carbonyl (C=O) groups is 1. The molecule has 0 aliphatic heterocycles. The minimum absolute atomic E-state index is 0.298. The van der Waals surface area contributed by atoms with Crippen LogP contribution in [0.15, 0.2) is 54.6 Å². The summed E-state index contributed by atoms with van der Waals surface area (Å²) < 4.78 is 1.55. The van der Waals surface area contributed by atoms with Crippen LogP contribution in [0.5, 0.6) is 0 Å². The van der Waals surface area contributed by atoms with Gasteiger partial charge in [0.05, 0.1) is 24.1 Å². The summed E-state index contributed by atoms with van der Waals surface area (Å²) >= 11 is 0.